The molecule has 1 heterocycles. The van der Waals surface area contributed by atoms with Crippen molar-refractivity contribution >= 4 is 17.4 Å². The van der Waals surface area contributed by atoms with Crippen molar-refractivity contribution in [2.45, 2.75) is 27.2 Å². The molecule has 2 rings (SSSR count). The summed E-state index contributed by atoms with van der Waals surface area (Å²) in [6, 6.07) is 5.87. The first-order chi connectivity index (χ1) is 8.90. The standard InChI is InChI=1S/C15H20ClN3/c1-9(2)7-13-14(18-19(4)15(13)17)12-8-11(16)6-5-10(12)3/h5-6,8-9H,7,17H2,1-4H3. The van der Waals surface area contributed by atoms with Crippen LogP contribution in [0.2, 0.25) is 5.02 Å². The molecule has 0 bridgehead atoms. The molecule has 0 saturated heterocycles. The molecule has 4 heteroatoms. The maximum atomic E-state index is 6.14. The highest BCUT2D eigenvalue weighted by atomic mass is 35.5. The van der Waals surface area contributed by atoms with Crippen LogP contribution in [-0.4, -0.2) is 9.78 Å². The van der Waals surface area contributed by atoms with Gasteiger partial charge in [-0.1, -0.05) is 31.5 Å². The van der Waals surface area contributed by atoms with E-state index in [9.17, 15) is 0 Å². The summed E-state index contributed by atoms with van der Waals surface area (Å²) in [7, 11) is 1.88. The Morgan fingerprint density at radius 1 is 1.37 bits per heavy atom. The zero-order valence-corrected chi connectivity index (χ0v) is 12.6. The van der Waals surface area contributed by atoms with Gasteiger partial charge in [-0.15, -0.1) is 0 Å². The summed E-state index contributed by atoms with van der Waals surface area (Å²) in [5, 5.41) is 5.29. The van der Waals surface area contributed by atoms with E-state index in [-0.39, 0.29) is 0 Å². The van der Waals surface area contributed by atoms with Gasteiger partial charge in [-0.2, -0.15) is 5.10 Å². The molecule has 2 aromatic rings. The normalized spacial score (nSPS) is 11.3. The summed E-state index contributed by atoms with van der Waals surface area (Å²) in [5.41, 5.74) is 10.4. The van der Waals surface area contributed by atoms with E-state index >= 15 is 0 Å². The topological polar surface area (TPSA) is 43.8 Å². The average Bonchev–Trinajstić information content (AvgIpc) is 2.60. The van der Waals surface area contributed by atoms with Crippen molar-refractivity contribution in [2.24, 2.45) is 13.0 Å². The molecule has 1 aromatic carbocycles. The first-order valence-electron chi connectivity index (χ1n) is 6.48. The minimum Gasteiger partial charge on any atom is -0.384 e. The first-order valence-corrected chi connectivity index (χ1v) is 6.85. The lowest BCUT2D eigenvalue weighted by atomic mass is 9.97. The number of nitrogen functional groups attached to an aromatic ring is 1. The second-order valence-corrected chi connectivity index (χ2v) is 5.83. The maximum absolute atomic E-state index is 6.14. The van der Waals surface area contributed by atoms with E-state index in [2.05, 4.69) is 25.9 Å². The van der Waals surface area contributed by atoms with Crippen molar-refractivity contribution in [3.8, 4) is 11.3 Å². The van der Waals surface area contributed by atoms with Crippen LogP contribution in [0.5, 0.6) is 0 Å². The molecule has 0 saturated carbocycles. The molecule has 102 valence electrons. The van der Waals surface area contributed by atoms with Gasteiger partial charge in [-0.3, -0.25) is 4.68 Å². The third-order valence-corrected chi connectivity index (χ3v) is 3.50. The van der Waals surface area contributed by atoms with Gasteiger partial charge in [0.05, 0.1) is 5.69 Å². The second-order valence-electron chi connectivity index (χ2n) is 5.39. The predicted octanol–water partition coefficient (Wildman–Crippen LogP) is 3.83. The van der Waals surface area contributed by atoms with Gasteiger partial charge >= 0.3 is 0 Å². The van der Waals surface area contributed by atoms with E-state index in [4.69, 9.17) is 17.3 Å². The van der Waals surface area contributed by atoms with E-state index in [1.807, 2.05) is 25.2 Å². The Bertz CT molecular complexity index is 600. The van der Waals surface area contributed by atoms with E-state index < -0.39 is 0 Å². The lowest BCUT2D eigenvalue weighted by Crippen LogP contribution is -2.02. The van der Waals surface area contributed by atoms with E-state index in [0.29, 0.717) is 5.92 Å². The summed E-state index contributed by atoms with van der Waals surface area (Å²) in [6.07, 6.45) is 0.918. The largest absolute Gasteiger partial charge is 0.384 e. The zero-order valence-electron chi connectivity index (χ0n) is 11.9. The third-order valence-electron chi connectivity index (χ3n) is 3.26. The number of hydrogen-bond acceptors (Lipinski definition) is 2. The lowest BCUT2D eigenvalue weighted by Gasteiger charge is -2.09. The minimum atomic E-state index is 0.532. The van der Waals surface area contributed by atoms with Gasteiger partial charge in [-0.05, 0) is 37.0 Å². The van der Waals surface area contributed by atoms with E-state index in [1.165, 1.54) is 0 Å². The molecule has 0 fully saturated rings. The molecule has 0 radical (unpaired) electrons. The van der Waals surface area contributed by atoms with Gasteiger partial charge in [0.1, 0.15) is 5.82 Å². The molecule has 0 amide bonds. The quantitative estimate of drug-likeness (QED) is 0.927. The van der Waals surface area contributed by atoms with Gasteiger partial charge in [0, 0.05) is 23.2 Å². The zero-order chi connectivity index (χ0) is 14.2. The molecule has 19 heavy (non-hydrogen) atoms. The van der Waals surface area contributed by atoms with Gasteiger partial charge in [-0.25, -0.2) is 0 Å². The highest BCUT2D eigenvalue weighted by Gasteiger charge is 2.18. The number of aryl methyl sites for hydroxylation is 2. The number of nitrogens with zero attached hydrogens (tertiary/aromatic N) is 2. The molecule has 3 nitrogen and oxygen atoms in total. The Hall–Kier alpha value is -1.48. The molecule has 0 aliphatic rings. The second kappa shape index (κ2) is 5.25. The SMILES string of the molecule is Cc1ccc(Cl)cc1-c1nn(C)c(N)c1CC(C)C. The van der Waals surface area contributed by atoms with E-state index in [0.717, 1.165) is 39.6 Å². The summed E-state index contributed by atoms with van der Waals surface area (Å²) in [4.78, 5) is 0. The van der Waals surface area contributed by atoms with Crippen molar-refractivity contribution < 1.29 is 0 Å². The Morgan fingerprint density at radius 3 is 2.68 bits per heavy atom. The average molecular weight is 278 g/mol. The molecule has 0 atom stereocenters. The summed E-state index contributed by atoms with van der Waals surface area (Å²) < 4.78 is 1.74. The molecule has 1 aromatic heterocycles. The molecular weight excluding hydrogens is 258 g/mol. The predicted molar refractivity (Wildman–Crippen MR) is 81.3 cm³/mol. The van der Waals surface area contributed by atoms with E-state index in [1.54, 1.807) is 4.68 Å². The third kappa shape index (κ3) is 2.76. The fourth-order valence-corrected chi connectivity index (χ4v) is 2.43. The van der Waals surface area contributed by atoms with Crippen LogP contribution in [-0.2, 0) is 13.5 Å². The molecule has 0 unspecified atom stereocenters. The maximum Gasteiger partial charge on any atom is 0.125 e. The molecule has 0 aliphatic carbocycles. The van der Waals surface area contributed by atoms with Crippen LogP contribution in [0, 0.1) is 12.8 Å². The Kier molecular flexibility index (Phi) is 3.85. The number of benzene rings is 1. The molecule has 0 spiro atoms. The fourth-order valence-electron chi connectivity index (χ4n) is 2.26. The van der Waals surface area contributed by atoms with Crippen molar-refractivity contribution in [3.63, 3.8) is 0 Å². The van der Waals surface area contributed by atoms with Crippen LogP contribution in [0.1, 0.15) is 25.0 Å². The number of halogens is 1. The smallest absolute Gasteiger partial charge is 0.125 e. The van der Waals surface area contributed by atoms with Crippen molar-refractivity contribution in [2.75, 3.05) is 5.73 Å². The van der Waals surface area contributed by atoms with Gasteiger partial charge in [0.2, 0.25) is 0 Å². The van der Waals surface area contributed by atoms with Crippen LogP contribution >= 0.6 is 11.6 Å². The van der Waals surface area contributed by atoms with Crippen LogP contribution in [0.3, 0.4) is 0 Å². The molecule has 0 aliphatic heterocycles. The van der Waals surface area contributed by atoms with Gasteiger partial charge < -0.3 is 5.73 Å². The van der Waals surface area contributed by atoms with Crippen LogP contribution in [0.4, 0.5) is 5.82 Å². The van der Waals surface area contributed by atoms with Crippen LogP contribution in [0.25, 0.3) is 11.3 Å². The van der Waals surface area contributed by atoms with Crippen molar-refractivity contribution in [3.05, 3.63) is 34.3 Å². The number of aromatic nitrogens is 2. The summed E-state index contributed by atoms with van der Waals surface area (Å²) in [6.45, 7) is 6.43. The van der Waals surface area contributed by atoms with Crippen molar-refractivity contribution in [1.82, 2.24) is 9.78 Å². The Balaban J connectivity index is 2.61. The summed E-state index contributed by atoms with van der Waals surface area (Å²) >= 11 is 6.11. The van der Waals surface area contributed by atoms with Crippen molar-refractivity contribution in [1.29, 1.82) is 0 Å². The Morgan fingerprint density at radius 2 is 2.05 bits per heavy atom. The number of nitrogens with two attached hydrogens (primary N) is 1. The minimum absolute atomic E-state index is 0.532. The van der Waals surface area contributed by atoms with Gasteiger partial charge in [0.15, 0.2) is 0 Å². The monoisotopic (exact) mass is 277 g/mol. The van der Waals surface area contributed by atoms with Gasteiger partial charge in [0.25, 0.3) is 0 Å². The van der Waals surface area contributed by atoms with Crippen LogP contribution in [0.15, 0.2) is 18.2 Å². The highest BCUT2D eigenvalue weighted by molar-refractivity contribution is 6.30. The Labute approximate surface area is 119 Å². The van der Waals surface area contributed by atoms with Crippen LogP contribution < -0.4 is 5.73 Å². The number of rotatable bonds is 3. The highest BCUT2D eigenvalue weighted by Crippen LogP contribution is 2.32. The summed E-state index contributed by atoms with van der Waals surface area (Å²) in [5.74, 6) is 1.27. The molecular formula is C15H20ClN3. The number of anilines is 1. The first kappa shape index (κ1) is 13.9. The fraction of sp³-hybridized carbons (Fsp3) is 0.400. The molecule has 2 N–H and O–H groups in total. The number of hydrogen-bond donors (Lipinski definition) is 1. The lowest BCUT2D eigenvalue weighted by molar-refractivity contribution is 0.648.